The van der Waals surface area contributed by atoms with E-state index in [-0.39, 0.29) is 12.1 Å². The molecule has 0 amide bonds. The second-order valence-corrected chi connectivity index (χ2v) is 8.41. The van der Waals surface area contributed by atoms with Gasteiger partial charge in [0.1, 0.15) is 0 Å². The summed E-state index contributed by atoms with van der Waals surface area (Å²) in [5, 5.41) is 0. The second-order valence-electron chi connectivity index (χ2n) is 7.67. The molecule has 2 rings (SSSR count). The van der Waals surface area contributed by atoms with Gasteiger partial charge >= 0.3 is 167 Å². The van der Waals surface area contributed by atoms with Crippen LogP contribution in [0.15, 0.2) is 24.3 Å². The van der Waals surface area contributed by atoms with E-state index in [1.54, 1.807) is 0 Å². The summed E-state index contributed by atoms with van der Waals surface area (Å²) < 4.78 is 2.07. The van der Waals surface area contributed by atoms with Gasteiger partial charge in [-0.15, -0.1) is 0 Å². The Morgan fingerprint density at radius 3 is 1.23 bits per heavy atom. The number of aryl methyl sites for hydroxylation is 6. The first-order valence-corrected chi connectivity index (χ1v) is 9.70. The van der Waals surface area contributed by atoms with Crippen molar-refractivity contribution < 1.29 is 16.2 Å². The average molecular weight is 393 g/mol. The molecule has 3 nitrogen and oxygen atoms in total. The van der Waals surface area contributed by atoms with Gasteiger partial charge in [0.15, 0.2) is 0 Å². The van der Waals surface area contributed by atoms with E-state index >= 15 is 0 Å². The molecule has 0 saturated carbocycles. The van der Waals surface area contributed by atoms with Crippen molar-refractivity contribution in [2.24, 2.45) is 11.5 Å². The van der Waals surface area contributed by atoms with Gasteiger partial charge in [0.05, 0.1) is 0 Å². The molecule has 0 aliphatic carbocycles. The van der Waals surface area contributed by atoms with Crippen molar-refractivity contribution >= 4 is 0 Å². The molecule has 4 N–H and O–H groups in total. The van der Waals surface area contributed by atoms with Crippen LogP contribution in [0.1, 0.15) is 56.6 Å². The molecule has 0 bridgehead atoms. The van der Waals surface area contributed by atoms with Crippen molar-refractivity contribution in [1.29, 1.82) is 0 Å². The molecule has 0 radical (unpaired) electrons. The molecule has 142 valence electrons. The molecular formula is C22H32MnN3. The van der Waals surface area contributed by atoms with E-state index in [9.17, 15) is 0 Å². The van der Waals surface area contributed by atoms with Gasteiger partial charge in [0.25, 0.3) is 0 Å². The molecular weight excluding hydrogens is 361 g/mol. The summed E-state index contributed by atoms with van der Waals surface area (Å²) in [6.45, 7) is 14.2. The van der Waals surface area contributed by atoms with Crippen LogP contribution in [0.3, 0.4) is 0 Å². The van der Waals surface area contributed by atoms with E-state index in [0.29, 0.717) is 13.1 Å². The van der Waals surface area contributed by atoms with Crippen molar-refractivity contribution in [1.82, 2.24) is 3.92 Å². The van der Waals surface area contributed by atoms with Crippen molar-refractivity contribution in [3.8, 4) is 0 Å². The number of benzene rings is 2. The van der Waals surface area contributed by atoms with Gasteiger partial charge < -0.3 is 0 Å². The van der Waals surface area contributed by atoms with Gasteiger partial charge in [0, 0.05) is 0 Å². The number of rotatable bonds is 6. The van der Waals surface area contributed by atoms with Gasteiger partial charge in [-0.1, -0.05) is 0 Å². The standard InChI is InChI=1S/C22H32N3.Mn/c1-13-7-15(3)21(16(4)8-13)19(23)11-25-12-20(24)22-17(5)9-14(2)10-18(22)6;/h7-10,19-20H,11-12,23-24H2,1-6H3;/q-1;+1. The van der Waals surface area contributed by atoms with Crippen LogP contribution >= 0.6 is 0 Å². The van der Waals surface area contributed by atoms with Crippen LogP contribution < -0.4 is 11.5 Å². The van der Waals surface area contributed by atoms with Crippen molar-refractivity contribution in [3.05, 3.63) is 68.8 Å². The van der Waals surface area contributed by atoms with Crippen molar-refractivity contribution in [2.75, 3.05) is 13.1 Å². The monoisotopic (exact) mass is 393 g/mol. The fourth-order valence-corrected chi connectivity index (χ4v) is 4.70. The molecule has 0 aliphatic heterocycles. The minimum absolute atomic E-state index is 0.0533. The van der Waals surface area contributed by atoms with Crippen molar-refractivity contribution in [2.45, 2.75) is 53.6 Å². The summed E-state index contributed by atoms with van der Waals surface area (Å²) >= 11 is 3.67. The second kappa shape index (κ2) is 8.69. The first-order valence-electron chi connectivity index (χ1n) is 9.17. The SMILES string of the molecule is Cc1cc(C)c(C(N)C[N]([Mn])CC(N)c2c(C)cc(C)cc2C)c(C)c1. The Morgan fingerprint density at radius 1 is 0.692 bits per heavy atom. The molecule has 0 saturated heterocycles. The van der Waals surface area contributed by atoms with Gasteiger partial charge in [-0.3, -0.25) is 0 Å². The molecule has 0 aromatic heterocycles. The van der Waals surface area contributed by atoms with Crippen molar-refractivity contribution in [3.63, 3.8) is 0 Å². The maximum atomic E-state index is 6.53. The third-order valence-electron chi connectivity index (χ3n) is 5.01. The summed E-state index contributed by atoms with van der Waals surface area (Å²) in [7, 11) is 0. The number of nitrogens with two attached hydrogens (primary N) is 2. The van der Waals surface area contributed by atoms with Crippen LogP contribution in [0, 0.1) is 41.5 Å². The number of nitrogens with zero attached hydrogens (tertiary/aromatic N) is 1. The Bertz CT molecular complexity index is 673. The summed E-state index contributed by atoms with van der Waals surface area (Å²) in [4.78, 5) is 0. The molecule has 0 aliphatic rings. The molecule has 2 aromatic rings. The van der Waals surface area contributed by atoms with Gasteiger partial charge in [-0.25, -0.2) is 0 Å². The van der Waals surface area contributed by atoms with Crippen LogP contribution in [0.4, 0.5) is 0 Å². The maximum absolute atomic E-state index is 6.53. The van der Waals surface area contributed by atoms with Crippen LogP contribution in [-0.4, -0.2) is 17.0 Å². The van der Waals surface area contributed by atoms with Crippen LogP contribution in [0.25, 0.3) is 0 Å². The zero-order chi connectivity index (χ0) is 19.6. The first-order chi connectivity index (χ1) is 12.1. The molecule has 0 fully saturated rings. The Labute approximate surface area is 167 Å². The zero-order valence-corrected chi connectivity index (χ0v) is 18.0. The normalized spacial score (nSPS) is 13.9. The Kier molecular flexibility index (Phi) is 7.06. The molecule has 2 aromatic carbocycles. The molecule has 2 atom stereocenters. The third-order valence-corrected chi connectivity index (χ3v) is 5.44. The zero-order valence-electron chi connectivity index (χ0n) is 16.9. The predicted octanol–water partition coefficient (Wildman–Crippen LogP) is 4.00. The average Bonchev–Trinajstić information content (AvgIpc) is 2.44. The Hall–Kier alpha value is -1.16. The summed E-state index contributed by atoms with van der Waals surface area (Å²) in [5.74, 6) is 0. The van der Waals surface area contributed by atoms with E-state index in [2.05, 4.69) is 86.0 Å². The molecule has 0 spiro atoms. The quantitative estimate of drug-likeness (QED) is 0.730. The minimum atomic E-state index is -0.0533. The topological polar surface area (TPSA) is 55.3 Å². The summed E-state index contributed by atoms with van der Waals surface area (Å²) in [6.07, 6.45) is 0. The summed E-state index contributed by atoms with van der Waals surface area (Å²) in [6, 6.07) is 8.69. The summed E-state index contributed by atoms with van der Waals surface area (Å²) in [5.41, 5.74) is 23.1. The third kappa shape index (κ3) is 4.97. The number of hydrogen-bond donors (Lipinski definition) is 2. The van der Waals surface area contributed by atoms with E-state index in [4.69, 9.17) is 11.5 Å². The number of hydrogen-bond acceptors (Lipinski definition) is 3. The molecule has 0 heterocycles. The fourth-order valence-electron chi connectivity index (χ4n) is 4.24. The van der Waals surface area contributed by atoms with E-state index in [1.807, 2.05) is 0 Å². The predicted molar refractivity (Wildman–Crippen MR) is 107 cm³/mol. The van der Waals surface area contributed by atoms with E-state index < -0.39 is 0 Å². The van der Waals surface area contributed by atoms with E-state index in [1.165, 1.54) is 44.5 Å². The van der Waals surface area contributed by atoms with Crippen LogP contribution in [-0.2, 0) is 16.2 Å². The Morgan fingerprint density at radius 2 is 0.962 bits per heavy atom. The van der Waals surface area contributed by atoms with Gasteiger partial charge in [-0.2, -0.15) is 0 Å². The first kappa shape index (κ1) is 21.1. The van der Waals surface area contributed by atoms with Gasteiger partial charge in [0.2, 0.25) is 0 Å². The fraction of sp³-hybridized carbons (Fsp3) is 0.455. The van der Waals surface area contributed by atoms with Crippen LogP contribution in [0.5, 0.6) is 0 Å². The van der Waals surface area contributed by atoms with E-state index in [0.717, 1.165) is 0 Å². The van der Waals surface area contributed by atoms with Gasteiger partial charge in [-0.05, 0) is 0 Å². The molecule has 4 heteroatoms. The Balaban J connectivity index is 2.10. The molecule has 26 heavy (non-hydrogen) atoms. The molecule has 2 unspecified atom stereocenters. The van der Waals surface area contributed by atoms with Crippen LogP contribution in [0.2, 0.25) is 0 Å².